The zero-order valence-corrected chi connectivity index (χ0v) is 18.9. The minimum atomic E-state index is -1.12. The van der Waals surface area contributed by atoms with Gasteiger partial charge in [0.1, 0.15) is 5.54 Å². The predicted molar refractivity (Wildman–Crippen MR) is 120 cm³/mol. The number of carbonyl (C=O) groups is 3. The quantitative estimate of drug-likeness (QED) is 0.635. The van der Waals surface area contributed by atoms with Crippen molar-refractivity contribution in [2.75, 3.05) is 16.8 Å². The summed E-state index contributed by atoms with van der Waals surface area (Å²) in [5.41, 5.74) is 3.06. The second kappa shape index (κ2) is 6.26. The van der Waals surface area contributed by atoms with Crippen LogP contribution in [-0.2, 0) is 19.9 Å². The molecule has 0 radical (unpaired) electrons. The van der Waals surface area contributed by atoms with E-state index in [2.05, 4.69) is 26.1 Å². The van der Waals surface area contributed by atoms with Crippen LogP contribution < -0.4 is 10.2 Å². The highest BCUT2D eigenvalue weighted by Gasteiger charge is 2.74. The molecule has 1 N–H and O–H groups in total. The third-order valence-electron chi connectivity index (χ3n) is 7.58. The number of nitrogens with zero attached hydrogens (tertiary/aromatic N) is 2. The van der Waals surface area contributed by atoms with Crippen LogP contribution in [0.1, 0.15) is 29.5 Å². The molecule has 3 fully saturated rings. The standard InChI is InChI=1S/C24H22BrN3O3/c1-12-8-9-16(15(25)11-12)28-21(29)18-17-7-4-10-27(17)24(19(18)22(28)30)14-6-3-5-13(2)20(14)26-23(24)31/h3,5-6,8-9,11,17-19H,4,7,10H2,1-2H3,(H,26,31)/t17-,18+,19-,24-/m0/s1. The van der Waals surface area contributed by atoms with Gasteiger partial charge in [0.05, 0.1) is 17.5 Å². The Hall–Kier alpha value is -2.51. The Bertz CT molecular complexity index is 1190. The van der Waals surface area contributed by atoms with Gasteiger partial charge in [-0.1, -0.05) is 24.3 Å². The molecule has 2 aromatic rings. The van der Waals surface area contributed by atoms with Gasteiger partial charge in [0.15, 0.2) is 0 Å². The third kappa shape index (κ3) is 2.18. The van der Waals surface area contributed by atoms with Gasteiger partial charge in [-0.2, -0.15) is 0 Å². The first kappa shape index (κ1) is 19.2. The largest absolute Gasteiger partial charge is 0.324 e. The van der Waals surface area contributed by atoms with Gasteiger partial charge in [0.25, 0.3) is 0 Å². The van der Waals surface area contributed by atoms with E-state index in [9.17, 15) is 14.4 Å². The van der Waals surface area contributed by atoms with Crippen molar-refractivity contribution in [1.82, 2.24) is 4.90 Å². The molecule has 4 aliphatic rings. The first-order valence-electron chi connectivity index (χ1n) is 10.7. The Morgan fingerprint density at radius 1 is 1.10 bits per heavy atom. The van der Waals surface area contributed by atoms with E-state index in [4.69, 9.17) is 0 Å². The number of para-hydroxylation sites is 1. The molecule has 2 aromatic carbocycles. The van der Waals surface area contributed by atoms with Gasteiger partial charge < -0.3 is 5.32 Å². The molecule has 31 heavy (non-hydrogen) atoms. The van der Waals surface area contributed by atoms with Gasteiger partial charge >= 0.3 is 0 Å². The molecular formula is C24H22BrN3O3. The van der Waals surface area contributed by atoms with Crippen LogP contribution in [0, 0.1) is 25.7 Å². The number of halogens is 1. The van der Waals surface area contributed by atoms with Crippen LogP contribution in [0.3, 0.4) is 0 Å². The molecule has 4 aliphatic heterocycles. The van der Waals surface area contributed by atoms with E-state index in [0.717, 1.165) is 35.2 Å². The Labute approximate surface area is 188 Å². The lowest BCUT2D eigenvalue weighted by molar-refractivity contribution is -0.135. The second-order valence-corrected chi connectivity index (χ2v) is 9.95. The first-order chi connectivity index (χ1) is 14.9. The Morgan fingerprint density at radius 2 is 1.90 bits per heavy atom. The molecule has 0 aromatic heterocycles. The monoisotopic (exact) mass is 479 g/mol. The smallest absolute Gasteiger partial charge is 0.250 e. The topological polar surface area (TPSA) is 69.7 Å². The van der Waals surface area contributed by atoms with Crippen LogP contribution in [-0.4, -0.2) is 35.2 Å². The lowest BCUT2D eigenvalue weighted by Crippen LogP contribution is -2.54. The van der Waals surface area contributed by atoms with Gasteiger partial charge in [-0.25, -0.2) is 4.90 Å². The number of carbonyl (C=O) groups excluding carboxylic acids is 3. The maximum Gasteiger partial charge on any atom is 0.250 e. The zero-order chi connectivity index (χ0) is 21.7. The van der Waals surface area contributed by atoms with Crippen LogP contribution >= 0.6 is 15.9 Å². The van der Waals surface area contributed by atoms with Crippen molar-refractivity contribution < 1.29 is 14.4 Å². The Morgan fingerprint density at radius 3 is 2.68 bits per heavy atom. The molecule has 3 amide bonds. The number of imide groups is 1. The molecular weight excluding hydrogens is 458 g/mol. The molecule has 0 unspecified atom stereocenters. The highest BCUT2D eigenvalue weighted by atomic mass is 79.9. The predicted octanol–water partition coefficient (Wildman–Crippen LogP) is 3.50. The lowest BCUT2D eigenvalue weighted by atomic mass is 9.75. The average Bonchev–Trinajstić information content (AvgIpc) is 3.42. The van der Waals surface area contributed by atoms with E-state index in [1.165, 1.54) is 4.90 Å². The zero-order valence-electron chi connectivity index (χ0n) is 17.3. The summed E-state index contributed by atoms with van der Waals surface area (Å²) >= 11 is 3.53. The van der Waals surface area contributed by atoms with Gasteiger partial charge in [0, 0.05) is 21.8 Å². The molecule has 4 heterocycles. The Kier molecular flexibility index (Phi) is 3.88. The van der Waals surface area contributed by atoms with E-state index in [0.29, 0.717) is 16.7 Å². The number of anilines is 2. The average molecular weight is 480 g/mol. The van der Waals surface area contributed by atoms with Crippen molar-refractivity contribution >= 4 is 45.0 Å². The highest BCUT2D eigenvalue weighted by molar-refractivity contribution is 9.10. The number of hydrogen-bond donors (Lipinski definition) is 1. The Balaban J connectivity index is 1.57. The molecule has 6 nitrogen and oxygen atoms in total. The van der Waals surface area contributed by atoms with E-state index in [-0.39, 0.29) is 23.8 Å². The second-order valence-electron chi connectivity index (χ2n) is 9.09. The maximum absolute atomic E-state index is 13.9. The number of nitrogens with one attached hydrogen (secondary N) is 1. The van der Waals surface area contributed by atoms with Gasteiger partial charge in [-0.3, -0.25) is 19.3 Å². The number of fused-ring (bicyclic) bond motifs is 7. The van der Waals surface area contributed by atoms with Crippen LogP contribution in [0.4, 0.5) is 11.4 Å². The fraction of sp³-hybridized carbons (Fsp3) is 0.375. The van der Waals surface area contributed by atoms with Crippen LogP contribution in [0.25, 0.3) is 0 Å². The van der Waals surface area contributed by atoms with E-state index >= 15 is 0 Å². The third-order valence-corrected chi connectivity index (χ3v) is 8.22. The number of rotatable bonds is 1. The molecule has 0 aliphatic carbocycles. The van der Waals surface area contributed by atoms with Gasteiger partial charge in [-0.15, -0.1) is 0 Å². The number of hydrogen-bond acceptors (Lipinski definition) is 4. The fourth-order valence-corrected chi connectivity index (χ4v) is 7.08. The van der Waals surface area contributed by atoms with Crippen LogP contribution in [0.2, 0.25) is 0 Å². The molecule has 4 atom stereocenters. The van der Waals surface area contributed by atoms with Crippen LogP contribution in [0.15, 0.2) is 40.9 Å². The van der Waals surface area contributed by atoms with Crippen molar-refractivity contribution in [2.24, 2.45) is 11.8 Å². The van der Waals surface area contributed by atoms with Crippen molar-refractivity contribution in [3.8, 4) is 0 Å². The summed E-state index contributed by atoms with van der Waals surface area (Å²) in [5.74, 6) is -1.88. The lowest BCUT2D eigenvalue weighted by Gasteiger charge is -2.36. The molecule has 3 saturated heterocycles. The maximum atomic E-state index is 13.9. The highest BCUT2D eigenvalue weighted by Crippen LogP contribution is 2.61. The normalized spacial score (nSPS) is 31.4. The first-order valence-corrected chi connectivity index (χ1v) is 11.5. The van der Waals surface area contributed by atoms with E-state index in [1.54, 1.807) is 0 Å². The van der Waals surface area contributed by atoms with Crippen molar-refractivity contribution in [3.05, 3.63) is 57.6 Å². The SMILES string of the molecule is Cc1ccc(N2C(=O)[C@H]3[C@@H](C2=O)[C@@]2(C(=O)Nc4c(C)cccc42)N2CCC[C@@H]32)c(Br)c1. The summed E-state index contributed by atoms with van der Waals surface area (Å²) in [5, 5.41) is 3.06. The van der Waals surface area contributed by atoms with E-state index < -0.39 is 17.4 Å². The number of amides is 3. The number of benzene rings is 2. The van der Waals surface area contributed by atoms with E-state index in [1.807, 2.05) is 50.2 Å². The molecule has 7 heteroatoms. The summed E-state index contributed by atoms with van der Waals surface area (Å²) in [6, 6.07) is 11.3. The summed E-state index contributed by atoms with van der Waals surface area (Å²) in [7, 11) is 0. The molecule has 1 spiro atoms. The molecule has 0 bridgehead atoms. The molecule has 0 saturated carbocycles. The van der Waals surface area contributed by atoms with Crippen molar-refractivity contribution in [2.45, 2.75) is 38.3 Å². The summed E-state index contributed by atoms with van der Waals surface area (Å²) in [6.07, 6.45) is 1.74. The molecule has 158 valence electrons. The minimum absolute atomic E-state index is 0.104. The summed E-state index contributed by atoms with van der Waals surface area (Å²) in [4.78, 5) is 44.8. The van der Waals surface area contributed by atoms with Crippen molar-refractivity contribution in [1.29, 1.82) is 0 Å². The summed E-state index contributed by atoms with van der Waals surface area (Å²) in [6.45, 7) is 4.64. The van der Waals surface area contributed by atoms with Gasteiger partial charge in [0.2, 0.25) is 17.7 Å². The van der Waals surface area contributed by atoms with Crippen LogP contribution in [0.5, 0.6) is 0 Å². The summed E-state index contributed by atoms with van der Waals surface area (Å²) < 4.78 is 0.707. The van der Waals surface area contributed by atoms with Gasteiger partial charge in [-0.05, 0) is 72.4 Å². The van der Waals surface area contributed by atoms with Crippen molar-refractivity contribution in [3.63, 3.8) is 0 Å². The molecule has 6 rings (SSSR count). The number of aryl methyl sites for hydroxylation is 2. The minimum Gasteiger partial charge on any atom is -0.324 e. The fourth-order valence-electron chi connectivity index (χ4n) is 6.41.